The Morgan fingerprint density at radius 2 is 2.00 bits per heavy atom. The summed E-state index contributed by atoms with van der Waals surface area (Å²) in [4.78, 5) is 0. The highest BCUT2D eigenvalue weighted by Gasteiger charge is 2.21. The van der Waals surface area contributed by atoms with E-state index in [4.69, 9.17) is 0 Å². The normalized spacial score (nSPS) is 32.9. The molecule has 0 spiro atoms. The van der Waals surface area contributed by atoms with Crippen molar-refractivity contribution in [1.29, 1.82) is 0 Å². The molecule has 2 unspecified atom stereocenters. The van der Waals surface area contributed by atoms with Crippen molar-refractivity contribution in [2.24, 2.45) is 11.8 Å². The summed E-state index contributed by atoms with van der Waals surface area (Å²) < 4.78 is 0. The Kier molecular flexibility index (Phi) is 3.81. The Labute approximate surface area is 72.8 Å². The van der Waals surface area contributed by atoms with E-state index in [0.717, 1.165) is 11.8 Å². The molecular weight excluding hydrogens is 135 g/mol. The molecule has 1 heteroatoms. The molecule has 2 atom stereocenters. The van der Waals surface area contributed by atoms with E-state index < -0.39 is 0 Å². The van der Waals surface area contributed by atoms with E-state index in [0.29, 0.717) is 0 Å². The van der Waals surface area contributed by atoms with Crippen LogP contribution in [0.25, 0.3) is 0 Å². The van der Waals surface area contributed by atoms with Gasteiger partial charge in [0.1, 0.15) is 16.3 Å². The fourth-order valence-corrected chi connectivity index (χ4v) is 2.52. The van der Waals surface area contributed by atoms with Crippen molar-refractivity contribution in [2.75, 3.05) is 0 Å². The zero-order valence-corrected chi connectivity index (χ0v) is 8.13. The van der Waals surface area contributed by atoms with Gasteiger partial charge < -0.3 is 0 Å². The lowest BCUT2D eigenvalue weighted by Crippen LogP contribution is -1.94. The van der Waals surface area contributed by atoms with Gasteiger partial charge in [0, 0.05) is 0 Å². The van der Waals surface area contributed by atoms with Gasteiger partial charge in [-0.05, 0) is 18.3 Å². The molecule has 1 rings (SSSR count). The van der Waals surface area contributed by atoms with Crippen molar-refractivity contribution in [3.05, 3.63) is 0 Å². The first-order valence-corrected chi connectivity index (χ1v) is 5.38. The summed E-state index contributed by atoms with van der Waals surface area (Å²) in [6.45, 7) is 2.33. The maximum atomic E-state index is 2.84. The second-order valence-electron chi connectivity index (χ2n) is 3.53. The highest BCUT2D eigenvalue weighted by Crippen LogP contribution is 2.35. The van der Waals surface area contributed by atoms with Crippen LogP contribution in [0.5, 0.6) is 0 Å². The van der Waals surface area contributed by atoms with Gasteiger partial charge in [0.15, 0.2) is 0 Å². The van der Waals surface area contributed by atoms with Crippen LogP contribution in [0.3, 0.4) is 0 Å². The van der Waals surface area contributed by atoms with E-state index in [2.05, 4.69) is 23.2 Å². The Morgan fingerprint density at radius 3 is 2.50 bits per heavy atom. The zero-order valence-electron chi connectivity index (χ0n) is 6.97. The van der Waals surface area contributed by atoms with Gasteiger partial charge in [0.05, 0.1) is 0 Å². The van der Waals surface area contributed by atoms with Gasteiger partial charge in [-0.3, -0.25) is 0 Å². The van der Waals surface area contributed by atoms with Crippen molar-refractivity contribution < 1.29 is 0 Å². The predicted octanol–water partition coefficient (Wildman–Crippen LogP) is 2.79. The maximum Gasteiger partial charge on any atom is 0.118 e. The minimum Gasteiger partial charge on any atom is -0.117 e. The van der Waals surface area contributed by atoms with Crippen LogP contribution in [0.1, 0.15) is 39.0 Å². The van der Waals surface area contributed by atoms with Crippen molar-refractivity contribution in [1.82, 2.24) is 0 Å². The van der Waals surface area contributed by atoms with Crippen LogP contribution in [-0.2, 0) is 0 Å². The fourth-order valence-electron chi connectivity index (χ4n) is 2.05. The average molecular weight is 152 g/mol. The molecule has 2 radical (unpaired) electrons. The lowest BCUT2D eigenvalue weighted by atomic mass is 10.0. The third-order valence-corrected chi connectivity index (χ3v) is 3.14. The quantitative estimate of drug-likeness (QED) is 0.545. The van der Waals surface area contributed by atoms with Gasteiger partial charge >= 0.3 is 0 Å². The molecular formula is C9H17Al. The topological polar surface area (TPSA) is 0 Å². The molecule has 0 bridgehead atoms. The van der Waals surface area contributed by atoms with Gasteiger partial charge in [0.2, 0.25) is 0 Å². The van der Waals surface area contributed by atoms with Crippen molar-refractivity contribution in [2.45, 2.75) is 44.3 Å². The molecule has 1 saturated carbocycles. The summed E-state index contributed by atoms with van der Waals surface area (Å²) in [5, 5.41) is 1.31. The molecule has 0 N–H and O–H groups in total. The van der Waals surface area contributed by atoms with Gasteiger partial charge in [-0.15, -0.1) is 5.28 Å². The van der Waals surface area contributed by atoms with E-state index in [-0.39, 0.29) is 0 Å². The molecule has 0 heterocycles. The summed E-state index contributed by atoms with van der Waals surface area (Å²) in [7, 11) is 0. The lowest BCUT2D eigenvalue weighted by Gasteiger charge is -2.07. The molecule has 1 aliphatic carbocycles. The Bertz CT molecular complexity index is 90.7. The Morgan fingerprint density at radius 1 is 1.30 bits per heavy atom. The molecule has 0 aromatic heterocycles. The predicted molar refractivity (Wildman–Crippen MR) is 46.3 cm³/mol. The second kappa shape index (κ2) is 4.42. The minimum atomic E-state index is 1.07. The van der Waals surface area contributed by atoms with Gasteiger partial charge in [-0.2, -0.15) is 0 Å². The van der Waals surface area contributed by atoms with E-state index in [1.165, 1.54) is 37.4 Å². The Balaban J connectivity index is 2.15. The van der Waals surface area contributed by atoms with Gasteiger partial charge in [-0.25, -0.2) is 0 Å². The number of hydrogen-bond acceptors (Lipinski definition) is 0. The van der Waals surface area contributed by atoms with Gasteiger partial charge in [-0.1, -0.05) is 32.6 Å². The second-order valence-corrected chi connectivity index (χ2v) is 4.11. The molecule has 0 aromatic carbocycles. The third-order valence-electron chi connectivity index (χ3n) is 2.80. The van der Waals surface area contributed by atoms with Crippen LogP contribution < -0.4 is 0 Å². The maximum absolute atomic E-state index is 2.84. The van der Waals surface area contributed by atoms with E-state index in [9.17, 15) is 0 Å². The first kappa shape index (κ1) is 8.63. The molecule has 1 fully saturated rings. The molecule has 1 aliphatic rings. The molecule has 0 saturated heterocycles. The molecule has 56 valence electrons. The minimum absolute atomic E-state index is 1.07. The van der Waals surface area contributed by atoms with Crippen molar-refractivity contribution in [3.8, 4) is 0 Å². The number of hydrogen-bond donors (Lipinski definition) is 0. The first-order valence-electron chi connectivity index (χ1n) is 4.56. The highest BCUT2D eigenvalue weighted by atomic mass is 27.0. The van der Waals surface area contributed by atoms with Crippen LogP contribution in [0, 0.1) is 11.8 Å². The third kappa shape index (κ3) is 2.29. The summed E-state index contributed by atoms with van der Waals surface area (Å²) in [6, 6.07) is 0. The molecule has 0 amide bonds. The van der Waals surface area contributed by atoms with Gasteiger partial charge in [0.25, 0.3) is 0 Å². The molecule has 10 heavy (non-hydrogen) atoms. The number of rotatable bonds is 3. The van der Waals surface area contributed by atoms with Crippen LogP contribution in [0.2, 0.25) is 5.28 Å². The zero-order chi connectivity index (χ0) is 7.40. The van der Waals surface area contributed by atoms with Crippen molar-refractivity contribution in [3.63, 3.8) is 0 Å². The fraction of sp³-hybridized carbons (Fsp3) is 1.00. The smallest absolute Gasteiger partial charge is 0.117 e. The van der Waals surface area contributed by atoms with Crippen LogP contribution in [0.15, 0.2) is 0 Å². The SMILES string of the molecule is CCC1CCC(C[CH2][Al])C1. The first-order chi connectivity index (χ1) is 4.86. The van der Waals surface area contributed by atoms with Crippen LogP contribution >= 0.6 is 0 Å². The summed E-state index contributed by atoms with van der Waals surface area (Å²) in [5.41, 5.74) is 0. The molecule has 0 aromatic rings. The molecule has 0 aliphatic heterocycles. The standard InChI is InChI=1S/C9H17.Al/c1-3-8-5-6-9(4-2)7-8;/h8-9H,1,3-7H2,2H3;. The van der Waals surface area contributed by atoms with E-state index in [1.54, 1.807) is 0 Å². The average Bonchev–Trinajstić information content (AvgIpc) is 2.37. The summed E-state index contributed by atoms with van der Waals surface area (Å²) in [6.07, 6.45) is 7.39. The lowest BCUT2D eigenvalue weighted by molar-refractivity contribution is 0.471. The monoisotopic (exact) mass is 152 g/mol. The largest absolute Gasteiger partial charge is 0.118 e. The van der Waals surface area contributed by atoms with E-state index in [1.807, 2.05) is 0 Å². The highest BCUT2D eigenvalue weighted by molar-refractivity contribution is 6.08. The molecule has 0 nitrogen and oxygen atoms in total. The van der Waals surface area contributed by atoms with E-state index >= 15 is 0 Å². The van der Waals surface area contributed by atoms with Crippen LogP contribution in [-0.4, -0.2) is 16.3 Å². The van der Waals surface area contributed by atoms with Crippen LogP contribution in [0.4, 0.5) is 0 Å². The summed E-state index contributed by atoms with van der Waals surface area (Å²) >= 11 is 2.84. The van der Waals surface area contributed by atoms with Crippen molar-refractivity contribution >= 4 is 16.3 Å². The Hall–Kier alpha value is 0.532. The summed E-state index contributed by atoms with van der Waals surface area (Å²) in [5.74, 6) is 2.14.